The molecule has 0 radical (unpaired) electrons. The number of hydrogen-bond acceptors (Lipinski definition) is 4. The highest BCUT2D eigenvalue weighted by Crippen LogP contribution is 2.32. The van der Waals surface area contributed by atoms with Gasteiger partial charge in [-0.1, -0.05) is 89.3 Å². The van der Waals surface area contributed by atoms with E-state index in [1.54, 1.807) is 12.3 Å². The average molecular weight is 716 g/mol. The van der Waals surface area contributed by atoms with Gasteiger partial charge in [-0.3, -0.25) is 14.6 Å². The van der Waals surface area contributed by atoms with Gasteiger partial charge < -0.3 is 15.2 Å². The van der Waals surface area contributed by atoms with Gasteiger partial charge in [-0.15, -0.1) is 0 Å². The summed E-state index contributed by atoms with van der Waals surface area (Å²) in [5.74, 6) is -2.35. The van der Waals surface area contributed by atoms with Gasteiger partial charge >= 0.3 is 0 Å². The number of likely N-dealkylation sites (tertiary alicyclic amines) is 1. The lowest BCUT2D eigenvalue weighted by Crippen LogP contribution is -2.52. The van der Waals surface area contributed by atoms with Crippen LogP contribution in [-0.2, 0) is 6.42 Å². The Kier molecular flexibility index (Phi) is 15.1. The van der Waals surface area contributed by atoms with E-state index in [9.17, 15) is 18.0 Å². The van der Waals surface area contributed by atoms with Crippen molar-refractivity contribution in [3.63, 3.8) is 0 Å². The van der Waals surface area contributed by atoms with E-state index in [0.29, 0.717) is 34.7 Å². The molecule has 0 bridgehead atoms. The number of aromatic nitrogens is 1. The van der Waals surface area contributed by atoms with Crippen LogP contribution in [0.2, 0.25) is 5.02 Å². The van der Waals surface area contributed by atoms with Crippen LogP contribution < -0.4 is 5.32 Å². The monoisotopic (exact) mass is 715 g/mol. The highest BCUT2D eigenvalue weighted by Gasteiger charge is 2.36. The minimum Gasteiger partial charge on any atom is -0.373 e. The fourth-order valence-corrected chi connectivity index (χ4v) is 7.91. The predicted molar refractivity (Wildman–Crippen MR) is 202 cm³/mol. The number of nitrogens with zero attached hydrogens (tertiary/aromatic N) is 3. The lowest BCUT2D eigenvalue weighted by atomic mass is 9.85. The van der Waals surface area contributed by atoms with Crippen LogP contribution in [0.4, 0.5) is 18.9 Å². The van der Waals surface area contributed by atoms with Gasteiger partial charge in [-0.05, 0) is 61.6 Å². The van der Waals surface area contributed by atoms with Crippen molar-refractivity contribution >= 4 is 34.1 Å². The molecule has 2 unspecified atom stereocenters. The Bertz CT molecular complexity index is 1510. The molecule has 2 saturated heterocycles. The Morgan fingerprint density at radius 3 is 2.44 bits per heavy atom. The number of fused-ring (bicyclic) bond motifs is 1. The van der Waals surface area contributed by atoms with Crippen molar-refractivity contribution < 1.29 is 18.0 Å². The quantitative estimate of drug-likeness (QED) is 0.220. The fourth-order valence-electron chi connectivity index (χ4n) is 7.68. The molecule has 0 spiro atoms. The molecule has 2 atom stereocenters. The number of anilines is 1. The fraction of sp³-hybridized carbons (Fsp3) is 0.575. The molecular formula is C40H57ClF3N5O. The number of amides is 1. The molecule has 50 heavy (non-hydrogen) atoms. The minimum absolute atomic E-state index is 0.103. The van der Waals surface area contributed by atoms with Crippen LogP contribution in [0.15, 0.2) is 55.4 Å². The lowest BCUT2D eigenvalue weighted by molar-refractivity contribution is -0.0289. The van der Waals surface area contributed by atoms with Gasteiger partial charge in [0.2, 0.25) is 0 Å². The second-order valence-electron chi connectivity index (χ2n) is 13.9. The van der Waals surface area contributed by atoms with Crippen LogP contribution in [0.5, 0.6) is 0 Å². The zero-order valence-corrected chi connectivity index (χ0v) is 31.2. The van der Waals surface area contributed by atoms with Gasteiger partial charge in [0.1, 0.15) is 5.82 Å². The summed E-state index contributed by atoms with van der Waals surface area (Å²) in [6, 6.07) is 11.5. The third-order valence-electron chi connectivity index (χ3n) is 10.3. The largest absolute Gasteiger partial charge is 0.373 e. The van der Waals surface area contributed by atoms with Gasteiger partial charge in [-0.2, -0.15) is 0 Å². The van der Waals surface area contributed by atoms with Gasteiger partial charge in [0, 0.05) is 68.8 Å². The number of nitrogens with one attached hydrogen (secondary N) is 2. The molecule has 10 heteroatoms. The summed E-state index contributed by atoms with van der Waals surface area (Å²) in [7, 11) is 0. The first kappa shape index (κ1) is 39.8. The molecule has 1 amide bonds. The van der Waals surface area contributed by atoms with E-state index in [2.05, 4.69) is 26.7 Å². The lowest BCUT2D eigenvalue weighted by Gasteiger charge is -2.38. The molecule has 2 aromatic carbocycles. The Morgan fingerprint density at radius 1 is 1.08 bits per heavy atom. The Morgan fingerprint density at radius 2 is 1.78 bits per heavy atom. The van der Waals surface area contributed by atoms with Crippen molar-refractivity contribution in [1.29, 1.82) is 0 Å². The molecule has 3 heterocycles. The van der Waals surface area contributed by atoms with Crippen molar-refractivity contribution in [3.05, 3.63) is 77.3 Å². The van der Waals surface area contributed by atoms with E-state index in [1.807, 2.05) is 56.1 Å². The number of H-pyrrole nitrogens is 1. The van der Waals surface area contributed by atoms with E-state index in [1.165, 1.54) is 57.4 Å². The van der Waals surface area contributed by atoms with E-state index in [4.69, 9.17) is 11.6 Å². The van der Waals surface area contributed by atoms with Crippen LogP contribution in [0.3, 0.4) is 0 Å². The van der Waals surface area contributed by atoms with Crippen LogP contribution in [0, 0.1) is 11.7 Å². The molecule has 1 aliphatic carbocycles. The molecule has 3 fully saturated rings. The number of halogens is 4. The number of hydrogen-bond donors (Lipinski definition) is 2. The number of alkyl halides is 2. The molecule has 276 valence electrons. The number of aryl methyl sites for hydroxylation is 1. The summed E-state index contributed by atoms with van der Waals surface area (Å²) in [5.41, 5.74) is 2.15. The van der Waals surface area contributed by atoms with E-state index in [0.717, 1.165) is 56.5 Å². The van der Waals surface area contributed by atoms with Crippen molar-refractivity contribution in [2.75, 3.05) is 44.6 Å². The molecule has 2 N–H and O–H groups in total. The summed E-state index contributed by atoms with van der Waals surface area (Å²) in [6.07, 6.45) is 15.2. The zero-order chi connectivity index (χ0) is 36.3. The number of carbonyl (C=O) groups is 1. The molecular weight excluding hydrogens is 659 g/mol. The van der Waals surface area contributed by atoms with Crippen LogP contribution >= 0.6 is 11.6 Å². The van der Waals surface area contributed by atoms with Crippen molar-refractivity contribution in [2.45, 2.75) is 103 Å². The van der Waals surface area contributed by atoms with E-state index in [-0.39, 0.29) is 24.0 Å². The topological polar surface area (TPSA) is 54.6 Å². The zero-order valence-electron chi connectivity index (χ0n) is 30.4. The minimum atomic E-state index is -2.58. The predicted octanol–water partition coefficient (Wildman–Crippen LogP) is 10.0. The smallest absolute Gasteiger partial charge is 0.257 e. The van der Waals surface area contributed by atoms with Crippen molar-refractivity contribution in [3.8, 4) is 0 Å². The first-order chi connectivity index (χ1) is 24.0. The summed E-state index contributed by atoms with van der Waals surface area (Å²) >= 11 is 6.11. The highest BCUT2D eigenvalue weighted by molar-refractivity contribution is 6.34. The van der Waals surface area contributed by atoms with Crippen molar-refractivity contribution in [1.82, 2.24) is 19.7 Å². The molecule has 2 aliphatic heterocycles. The molecule has 1 aromatic heterocycles. The first-order valence-corrected chi connectivity index (χ1v) is 19.0. The number of aromatic amines is 1. The molecule has 3 aromatic rings. The summed E-state index contributed by atoms with van der Waals surface area (Å²) in [4.78, 5) is 22.3. The second kappa shape index (κ2) is 19.0. The SMILES string of the molecule is C=CN1CC(N2CCN(CC(C)(F)F)CC2)CC1CCC1CCCCC1.CC.CCc1cc(Cl)c(NC(=O)c2c[nH]c3ccccc23)cc1F. The standard InChI is InChI=1S/C21H37F2N3.C17H14ClFN2O.C2H6/c1-3-25-16-20(15-19(25)10-9-18-7-5-4-6-8-18)26-13-11-24(12-14-26)17-21(2,22)23;1-2-10-7-13(18)16(8-14(10)19)21-17(22)12-9-20-15-6-4-3-5-11(12)15;1-2/h3,18-20H,1,4-17H2,2H3;3-9,20H,2H2,1H3,(H,21,22);1-2H3. The molecule has 6 nitrogen and oxygen atoms in total. The van der Waals surface area contributed by atoms with E-state index < -0.39 is 5.92 Å². The number of rotatable bonds is 10. The summed E-state index contributed by atoms with van der Waals surface area (Å²) < 4.78 is 40.3. The van der Waals surface area contributed by atoms with E-state index >= 15 is 0 Å². The number of para-hydroxylation sites is 1. The normalized spacial score (nSPS) is 20.5. The van der Waals surface area contributed by atoms with Crippen LogP contribution in [-0.4, -0.2) is 82.9 Å². The number of piperazine rings is 1. The Balaban J connectivity index is 0.000000217. The maximum Gasteiger partial charge on any atom is 0.257 e. The Hall–Kier alpha value is -3.01. The van der Waals surface area contributed by atoms with Gasteiger partial charge in [-0.25, -0.2) is 13.2 Å². The third-order valence-corrected chi connectivity index (χ3v) is 10.6. The first-order valence-electron chi connectivity index (χ1n) is 18.6. The summed E-state index contributed by atoms with van der Waals surface area (Å²) in [6.45, 7) is 15.2. The number of carbonyl (C=O) groups excluding carboxylic acids is 1. The average Bonchev–Trinajstić information content (AvgIpc) is 3.75. The maximum atomic E-state index is 13.9. The molecule has 3 aliphatic rings. The maximum absolute atomic E-state index is 13.9. The molecule has 1 saturated carbocycles. The van der Waals surface area contributed by atoms with Crippen LogP contribution in [0.1, 0.15) is 95.0 Å². The van der Waals surface area contributed by atoms with Crippen LogP contribution in [0.25, 0.3) is 10.9 Å². The third kappa shape index (κ3) is 11.0. The van der Waals surface area contributed by atoms with Gasteiger partial charge in [0.25, 0.3) is 11.8 Å². The van der Waals surface area contributed by atoms with Gasteiger partial charge in [0.15, 0.2) is 0 Å². The second-order valence-corrected chi connectivity index (χ2v) is 14.3. The van der Waals surface area contributed by atoms with Gasteiger partial charge in [0.05, 0.1) is 22.8 Å². The molecule has 6 rings (SSSR count). The highest BCUT2D eigenvalue weighted by atomic mass is 35.5. The van der Waals surface area contributed by atoms with Crippen molar-refractivity contribution in [2.24, 2.45) is 5.92 Å². The number of benzene rings is 2. The Labute approximate surface area is 302 Å². The summed E-state index contributed by atoms with van der Waals surface area (Å²) in [5, 5.41) is 3.80.